The van der Waals surface area contributed by atoms with Gasteiger partial charge in [0.25, 0.3) is 5.91 Å². The van der Waals surface area contributed by atoms with Gasteiger partial charge in [0.1, 0.15) is 5.75 Å². The van der Waals surface area contributed by atoms with Crippen LogP contribution in [0, 0.1) is 6.92 Å². The summed E-state index contributed by atoms with van der Waals surface area (Å²) in [6.45, 7) is 1.61. The van der Waals surface area contributed by atoms with Gasteiger partial charge in [-0.05, 0) is 36.2 Å². The fourth-order valence-electron chi connectivity index (χ4n) is 2.53. The predicted molar refractivity (Wildman–Crippen MR) is 91.4 cm³/mol. The van der Waals surface area contributed by atoms with Gasteiger partial charge in [0.2, 0.25) is 0 Å². The molecule has 2 N–H and O–H groups in total. The van der Waals surface area contributed by atoms with E-state index in [4.69, 9.17) is 0 Å². The molecule has 1 aromatic heterocycles. The monoisotopic (exact) mass is 376 g/mol. The molecule has 3 aromatic rings. The van der Waals surface area contributed by atoms with E-state index in [1.165, 1.54) is 30.5 Å². The molecule has 0 spiro atoms. The minimum Gasteiger partial charge on any atom is -0.506 e. The quantitative estimate of drug-likeness (QED) is 0.682. The van der Waals surface area contributed by atoms with Crippen molar-refractivity contribution in [1.82, 2.24) is 15.0 Å². The molecular weight excluding hydrogens is 361 g/mol. The van der Waals surface area contributed by atoms with E-state index in [1.54, 1.807) is 19.1 Å². The summed E-state index contributed by atoms with van der Waals surface area (Å²) in [5.74, 6) is -0.744. The van der Waals surface area contributed by atoms with Crippen LogP contribution in [0.3, 0.4) is 0 Å². The van der Waals surface area contributed by atoms with E-state index < -0.39 is 17.6 Å². The lowest BCUT2D eigenvalue weighted by molar-refractivity contribution is -0.138. The van der Waals surface area contributed by atoms with Crippen LogP contribution in [0.5, 0.6) is 5.75 Å². The molecule has 0 unspecified atom stereocenters. The number of carbonyl (C=O) groups excluding carboxylic acids is 1. The molecule has 1 heterocycles. The molecule has 2 aromatic carbocycles. The van der Waals surface area contributed by atoms with E-state index in [1.807, 2.05) is 0 Å². The van der Waals surface area contributed by atoms with E-state index in [2.05, 4.69) is 15.6 Å². The van der Waals surface area contributed by atoms with Gasteiger partial charge < -0.3 is 10.4 Å². The van der Waals surface area contributed by atoms with Gasteiger partial charge in [-0.1, -0.05) is 29.5 Å². The van der Waals surface area contributed by atoms with Crippen molar-refractivity contribution in [2.24, 2.45) is 0 Å². The maximum atomic E-state index is 13.1. The lowest BCUT2D eigenvalue weighted by Crippen LogP contribution is -2.13. The summed E-state index contributed by atoms with van der Waals surface area (Å²) in [7, 11) is 0. The third-order valence-corrected chi connectivity index (χ3v) is 3.83. The highest BCUT2D eigenvalue weighted by atomic mass is 19.4. The number of nitrogens with one attached hydrogen (secondary N) is 1. The van der Waals surface area contributed by atoms with E-state index in [0.29, 0.717) is 0 Å². The first-order valence-corrected chi connectivity index (χ1v) is 7.90. The molecule has 0 saturated heterocycles. The molecule has 0 atom stereocenters. The number of benzene rings is 2. The van der Waals surface area contributed by atoms with Crippen molar-refractivity contribution in [3.63, 3.8) is 0 Å². The number of amides is 1. The van der Waals surface area contributed by atoms with Crippen LogP contribution in [-0.2, 0) is 12.7 Å². The second kappa shape index (κ2) is 7.10. The standard InChI is InChI=1S/C18H15F3N4O2/c1-11-6-7-16(26)14(8-11)22-17(27)15-10-25(24-23-15)9-12-4-2-3-5-13(12)18(19,20)21/h2-8,10,26H,9H2,1H3,(H,22,27). The average Bonchev–Trinajstić information content (AvgIpc) is 3.06. The number of rotatable bonds is 4. The summed E-state index contributed by atoms with van der Waals surface area (Å²) in [6.07, 6.45) is -3.24. The van der Waals surface area contributed by atoms with Gasteiger partial charge in [-0.3, -0.25) is 4.79 Å². The zero-order chi connectivity index (χ0) is 19.6. The van der Waals surface area contributed by atoms with Crippen LogP contribution in [0.4, 0.5) is 18.9 Å². The summed E-state index contributed by atoms with van der Waals surface area (Å²) in [5, 5.41) is 19.7. The van der Waals surface area contributed by atoms with Gasteiger partial charge in [0, 0.05) is 0 Å². The molecule has 9 heteroatoms. The van der Waals surface area contributed by atoms with Crippen LogP contribution in [0.1, 0.15) is 27.2 Å². The molecular formula is C18H15F3N4O2. The number of halogens is 3. The molecule has 0 fully saturated rings. The third-order valence-electron chi connectivity index (χ3n) is 3.83. The fourth-order valence-corrected chi connectivity index (χ4v) is 2.53. The summed E-state index contributed by atoms with van der Waals surface area (Å²) in [5.41, 5.74) is 0.197. The van der Waals surface area contributed by atoms with Gasteiger partial charge in [0.05, 0.1) is 24.0 Å². The van der Waals surface area contributed by atoms with Gasteiger partial charge in [-0.25, -0.2) is 4.68 Å². The number of aromatic hydroxyl groups is 1. The maximum Gasteiger partial charge on any atom is 0.416 e. The van der Waals surface area contributed by atoms with Crippen LogP contribution in [0.15, 0.2) is 48.7 Å². The largest absolute Gasteiger partial charge is 0.506 e. The number of hydrogen-bond donors (Lipinski definition) is 2. The van der Waals surface area contributed by atoms with Crippen LogP contribution in [0.25, 0.3) is 0 Å². The SMILES string of the molecule is Cc1ccc(O)c(NC(=O)c2cn(Cc3ccccc3C(F)(F)F)nn2)c1. The van der Waals surface area contributed by atoms with E-state index in [0.717, 1.165) is 16.3 Å². The van der Waals surface area contributed by atoms with Gasteiger partial charge >= 0.3 is 6.18 Å². The van der Waals surface area contributed by atoms with Crippen molar-refractivity contribution < 1.29 is 23.1 Å². The lowest BCUT2D eigenvalue weighted by Gasteiger charge is -2.12. The molecule has 0 radical (unpaired) electrons. The average molecular weight is 376 g/mol. The number of aryl methyl sites for hydroxylation is 1. The van der Waals surface area contributed by atoms with Crippen LogP contribution >= 0.6 is 0 Å². The van der Waals surface area contributed by atoms with Gasteiger partial charge in [-0.15, -0.1) is 5.10 Å². The Morgan fingerprint density at radius 3 is 2.70 bits per heavy atom. The lowest BCUT2D eigenvalue weighted by atomic mass is 10.1. The first kappa shape index (κ1) is 18.4. The Morgan fingerprint density at radius 1 is 1.22 bits per heavy atom. The second-order valence-electron chi connectivity index (χ2n) is 5.93. The number of phenols is 1. The zero-order valence-corrected chi connectivity index (χ0v) is 14.2. The molecule has 0 aliphatic rings. The number of hydrogen-bond acceptors (Lipinski definition) is 4. The molecule has 3 rings (SSSR count). The molecule has 1 amide bonds. The van der Waals surface area contributed by atoms with Crippen LogP contribution in [0.2, 0.25) is 0 Å². The van der Waals surface area contributed by atoms with Crippen LogP contribution < -0.4 is 5.32 Å². The number of anilines is 1. The third kappa shape index (κ3) is 4.25. The topological polar surface area (TPSA) is 80.0 Å². The normalized spacial score (nSPS) is 11.4. The van der Waals surface area contributed by atoms with Crippen LogP contribution in [-0.4, -0.2) is 26.0 Å². The first-order chi connectivity index (χ1) is 12.7. The number of aromatic nitrogens is 3. The van der Waals surface area contributed by atoms with Crippen molar-refractivity contribution in [2.75, 3.05) is 5.32 Å². The number of carbonyl (C=O) groups is 1. The van der Waals surface area contributed by atoms with Gasteiger partial charge in [-0.2, -0.15) is 13.2 Å². The molecule has 6 nitrogen and oxygen atoms in total. The summed E-state index contributed by atoms with van der Waals surface area (Å²) in [6, 6.07) is 9.83. The number of alkyl halides is 3. The molecule has 27 heavy (non-hydrogen) atoms. The molecule has 0 saturated carbocycles. The Morgan fingerprint density at radius 2 is 1.96 bits per heavy atom. The Balaban J connectivity index is 1.78. The summed E-state index contributed by atoms with van der Waals surface area (Å²) < 4.78 is 40.3. The Hall–Kier alpha value is -3.36. The smallest absolute Gasteiger partial charge is 0.416 e. The molecule has 0 aliphatic carbocycles. The zero-order valence-electron chi connectivity index (χ0n) is 14.2. The predicted octanol–water partition coefficient (Wildman–Crippen LogP) is 3.61. The highest BCUT2D eigenvalue weighted by molar-refractivity contribution is 6.03. The summed E-state index contributed by atoms with van der Waals surface area (Å²) in [4.78, 5) is 12.3. The van der Waals surface area contributed by atoms with E-state index in [-0.39, 0.29) is 29.2 Å². The van der Waals surface area contributed by atoms with Crippen molar-refractivity contribution in [2.45, 2.75) is 19.6 Å². The van der Waals surface area contributed by atoms with E-state index in [9.17, 15) is 23.1 Å². The molecule has 0 bridgehead atoms. The van der Waals surface area contributed by atoms with Crippen molar-refractivity contribution in [3.8, 4) is 5.75 Å². The van der Waals surface area contributed by atoms with Gasteiger partial charge in [0.15, 0.2) is 5.69 Å². The second-order valence-corrected chi connectivity index (χ2v) is 5.93. The highest BCUT2D eigenvalue weighted by Gasteiger charge is 2.33. The Bertz CT molecular complexity index is 983. The maximum absolute atomic E-state index is 13.1. The minimum absolute atomic E-state index is 0.0122. The first-order valence-electron chi connectivity index (χ1n) is 7.90. The fraction of sp³-hybridized carbons (Fsp3) is 0.167. The van der Waals surface area contributed by atoms with Crippen molar-refractivity contribution in [3.05, 3.63) is 71.0 Å². The van der Waals surface area contributed by atoms with Crippen molar-refractivity contribution in [1.29, 1.82) is 0 Å². The Labute approximate surface area is 152 Å². The summed E-state index contributed by atoms with van der Waals surface area (Å²) >= 11 is 0. The molecule has 0 aliphatic heterocycles. The number of phenolic OH excluding ortho intramolecular Hbond substituents is 1. The Kier molecular flexibility index (Phi) is 4.85. The molecule has 140 valence electrons. The number of nitrogens with zero attached hydrogens (tertiary/aromatic N) is 3. The highest BCUT2D eigenvalue weighted by Crippen LogP contribution is 2.32. The minimum atomic E-state index is -4.49. The van der Waals surface area contributed by atoms with E-state index >= 15 is 0 Å². The van der Waals surface area contributed by atoms with Crippen molar-refractivity contribution >= 4 is 11.6 Å².